The zero-order chi connectivity index (χ0) is 8.91. The molecule has 0 aromatic heterocycles. The molecule has 0 saturated heterocycles. The average molecular weight is 189 g/mol. The highest BCUT2D eigenvalue weighted by Gasteiger charge is 2.21. The third kappa shape index (κ3) is 6.38. The minimum absolute atomic E-state index is 0.557. The summed E-state index contributed by atoms with van der Waals surface area (Å²) in [5.41, 5.74) is 0. The van der Waals surface area contributed by atoms with Crippen molar-refractivity contribution < 1.29 is 4.43 Å². The molecule has 64 valence electrons. The zero-order valence-electron chi connectivity index (χ0n) is 7.55. The largest absolute Gasteiger partial charge is 0.397 e. The van der Waals surface area contributed by atoms with Crippen LogP contribution in [0.4, 0.5) is 0 Å². The summed E-state index contributed by atoms with van der Waals surface area (Å²) in [6, 6.07) is 0. The van der Waals surface area contributed by atoms with Crippen LogP contribution in [0.5, 0.6) is 0 Å². The van der Waals surface area contributed by atoms with E-state index in [2.05, 4.69) is 35.9 Å². The highest BCUT2D eigenvalue weighted by Crippen LogP contribution is 2.07. The first-order chi connectivity index (χ1) is 4.98. The van der Waals surface area contributed by atoms with Crippen LogP contribution in [-0.4, -0.2) is 20.2 Å². The van der Waals surface area contributed by atoms with Gasteiger partial charge in [-0.05, 0) is 31.2 Å². The SMILES string of the molecule is CC(C)CO[Si](C)(C)N=C=S. The van der Waals surface area contributed by atoms with E-state index in [1.54, 1.807) is 0 Å². The van der Waals surface area contributed by atoms with Gasteiger partial charge in [0.25, 0.3) is 0 Å². The van der Waals surface area contributed by atoms with E-state index in [-0.39, 0.29) is 0 Å². The monoisotopic (exact) mass is 189 g/mol. The Hall–Kier alpha value is -0.0231. The van der Waals surface area contributed by atoms with Gasteiger partial charge in [-0.2, -0.15) is 0 Å². The topological polar surface area (TPSA) is 21.6 Å². The lowest BCUT2D eigenvalue weighted by atomic mass is 10.2. The molecule has 0 aromatic rings. The molecule has 11 heavy (non-hydrogen) atoms. The van der Waals surface area contributed by atoms with E-state index in [4.69, 9.17) is 4.43 Å². The molecule has 0 aliphatic rings. The molecule has 0 amide bonds. The summed E-state index contributed by atoms with van der Waals surface area (Å²) in [6.45, 7) is 9.01. The molecule has 0 aliphatic carbocycles. The van der Waals surface area contributed by atoms with Crippen LogP contribution in [-0.2, 0) is 4.43 Å². The minimum atomic E-state index is -1.86. The lowest BCUT2D eigenvalue weighted by Gasteiger charge is -2.17. The number of rotatable bonds is 4. The van der Waals surface area contributed by atoms with Crippen LogP contribution in [0.25, 0.3) is 0 Å². The molecule has 0 fully saturated rings. The molecule has 4 heteroatoms. The Balaban J connectivity index is 3.82. The lowest BCUT2D eigenvalue weighted by molar-refractivity contribution is 0.262. The molecule has 0 saturated carbocycles. The minimum Gasteiger partial charge on any atom is -0.397 e. The van der Waals surface area contributed by atoms with Crippen molar-refractivity contribution in [2.45, 2.75) is 26.9 Å². The molecule has 0 aliphatic heterocycles. The molecule has 0 radical (unpaired) electrons. The van der Waals surface area contributed by atoms with Crippen LogP contribution in [0.1, 0.15) is 13.8 Å². The van der Waals surface area contributed by atoms with Crippen molar-refractivity contribution in [3.05, 3.63) is 0 Å². The van der Waals surface area contributed by atoms with Crippen molar-refractivity contribution in [1.29, 1.82) is 0 Å². The van der Waals surface area contributed by atoms with Gasteiger partial charge in [-0.3, -0.25) is 0 Å². The Bertz CT molecular complexity index is 164. The molecule has 0 N–H and O–H groups in total. The lowest BCUT2D eigenvalue weighted by Crippen LogP contribution is -2.29. The third-order valence-electron chi connectivity index (χ3n) is 1.08. The highest BCUT2D eigenvalue weighted by molar-refractivity contribution is 7.78. The maximum Gasteiger partial charge on any atom is 0.324 e. The Morgan fingerprint density at radius 1 is 1.55 bits per heavy atom. The van der Waals surface area contributed by atoms with E-state index in [0.29, 0.717) is 5.92 Å². The van der Waals surface area contributed by atoms with Crippen molar-refractivity contribution in [1.82, 2.24) is 0 Å². The van der Waals surface area contributed by atoms with E-state index in [9.17, 15) is 0 Å². The molecule has 0 unspecified atom stereocenters. The Kier molecular flexibility index (Phi) is 4.76. The zero-order valence-corrected chi connectivity index (χ0v) is 9.36. The Morgan fingerprint density at radius 3 is 2.45 bits per heavy atom. The second kappa shape index (κ2) is 4.77. The van der Waals surface area contributed by atoms with Crippen molar-refractivity contribution in [3.63, 3.8) is 0 Å². The van der Waals surface area contributed by atoms with Gasteiger partial charge in [0.15, 0.2) is 0 Å². The van der Waals surface area contributed by atoms with Crippen molar-refractivity contribution in [2.75, 3.05) is 6.61 Å². The van der Waals surface area contributed by atoms with E-state index in [0.717, 1.165) is 6.61 Å². The molecule has 0 spiro atoms. The predicted molar refractivity (Wildman–Crippen MR) is 53.3 cm³/mol. The second-order valence-electron chi connectivity index (χ2n) is 3.35. The van der Waals surface area contributed by atoms with Crippen LogP contribution < -0.4 is 0 Å². The first-order valence-electron chi connectivity index (χ1n) is 3.71. The van der Waals surface area contributed by atoms with E-state index in [1.165, 1.54) is 0 Å². The number of hydrogen-bond acceptors (Lipinski definition) is 3. The van der Waals surface area contributed by atoms with E-state index >= 15 is 0 Å². The Morgan fingerprint density at radius 2 is 2.09 bits per heavy atom. The molecule has 0 atom stereocenters. The van der Waals surface area contributed by atoms with Crippen molar-refractivity contribution >= 4 is 25.9 Å². The highest BCUT2D eigenvalue weighted by atomic mass is 32.1. The number of nitrogens with zero attached hydrogens (tertiary/aromatic N) is 1. The summed E-state index contributed by atoms with van der Waals surface area (Å²) in [5.74, 6) is 0.557. The quantitative estimate of drug-likeness (QED) is 0.385. The van der Waals surface area contributed by atoms with Crippen LogP contribution in [0, 0.1) is 5.92 Å². The van der Waals surface area contributed by atoms with Gasteiger partial charge in [-0.1, -0.05) is 13.8 Å². The van der Waals surface area contributed by atoms with Crippen LogP contribution in [0.3, 0.4) is 0 Å². The second-order valence-corrected chi connectivity index (χ2v) is 6.94. The standard InChI is InChI=1S/C7H15NOSSi/c1-7(2)5-9-11(3,4)8-6-10/h7H,5H2,1-4H3. The number of thiocarbonyl (C=S) groups is 1. The van der Waals surface area contributed by atoms with Gasteiger partial charge in [0.05, 0.1) is 5.16 Å². The van der Waals surface area contributed by atoms with Gasteiger partial charge in [-0.15, -0.1) is 0 Å². The molecular formula is C7H15NOSSi. The third-order valence-corrected chi connectivity index (χ3v) is 2.86. The maximum atomic E-state index is 5.57. The molecular weight excluding hydrogens is 174 g/mol. The summed E-state index contributed by atoms with van der Waals surface area (Å²) in [5, 5.41) is 2.38. The fraction of sp³-hybridized carbons (Fsp3) is 0.857. The molecule has 2 nitrogen and oxygen atoms in total. The van der Waals surface area contributed by atoms with Gasteiger partial charge in [0.2, 0.25) is 0 Å². The summed E-state index contributed by atoms with van der Waals surface area (Å²) in [4.78, 5) is 0. The number of isothiocyanates is 1. The first kappa shape index (κ1) is 11.0. The van der Waals surface area contributed by atoms with Gasteiger partial charge >= 0.3 is 8.48 Å². The summed E-state index contributed by atoms with van der Waals surface area (Å²) < 4.78 is 9.58. The molecule has 0 rings (SSSR count). The van der Waals surface area contributed by atoms with Gasteiger partial charge in [0.1, 0.15) is 0 Å². The summed E-state index contributed by atoms with van der Waals surface area (Å²) in [7, 11) is -1.86. The Labute approximate surface area is 74.9 Å². The molecule has 0 bridgehead atoms. The summed E-state index contributed by atoms with van der Waals surface area (Å²) in [6.07, 6.45) is 0. The fourth-order valence-electron chi connectivity index (χ4n) is 0.513. The van der Waals surface area contributed by atoms with Crippen LogP contribution in [0.15, 0.2) is 4.66 Å². The smallest absolute Gasteiger partial charge is 0.324 e. The van der Waals surface area contributed by atoms with E-state index < -0.39 is 8.48 Å². The van der Waals surface area contributed by atoms with Gasteiger partial charge in [-0.25, -0.2) is 4.66 Å². The van der Waals surface area contributed by atoms with Gasteiger partial charge in [0, 0.05) is 6.61 Å². The van der Waals surface area contributed by atoms with Crippen LogP contribution >= 0.6 is 12.2 Å². The van der Waals surface area contributed by atoms with E-state index in [1.807, 2.05) is 13.1 Å². The number of hydrogen-bond donors (Lipinski definition) is 0. The van der Waals surface area contributed by atoms with Gasteiger partial charge < -0.3 is 4.43 Å². The molecule has 0 aromatic carbocycles. The fourth-order valence-corrected chi connectivity index (χ4v) is 2.20. The summed E-state index contributed by atoms with van der Waals surface area (Å²) >= 11 is 4.52. The van der Waals surface area contributed by atoms with Crippen LogP contribution in [0.2, 0.25) is 13.1 Å². The predicted octanol–water partition coefficient (Wildman–Crippen LogP) is 2.46. The maximum absolute atomic E-state index is 5.57. The normalized spacial score (nSPS) is 11.4. The van der Waals surface area contributed by atoms with Crippen molar-refractivity contribution in [3.8, 4) is 0 Å². The molecule has 0 heterocycles. The first-order valence-corrected chi connectivity index (χ1v) is 6.97. The van der Waals surface area contributed by atoms with Crippen molar-refractivity contribution in [2.24, 2.45) is 10.6 Å². The average Bonchev–Trinajstić information content (AvgIpc) is 1.84.